The highest BCUT2D eigenvalue weighted by Gasteiger charge is 2.14. The van der Waals surface area contributed by atoms with Crippen molar-refractivity contribution in [1.82, 2.24) is 0 Å². The van der Waals surface area contributed by atoms with Gasteiger partial charge in [-0.05, 0) is 22.8 Å². The Balaban J connectivity index is 0.000000207. The zero-order chi connectivity index (χ0) is 16.8. The zero-order valence-corrected chi connectivity index (χ0v) is 12.6. The summed E-state index contributed by atoms with van der Waals surface area (Å²) in [5.41, 5.74) is 0.706. The van der Waals surface area contributed by atoms with E-state index in [4.69, 9.17) is 14.4 Å². The first-order chi connectivity index (χ1) is 11.0. The average molecular weight is 331 g/mol. The number of rotatable bonds is 2. The molecule has 2 aromatic carbocycles. The first kappa shape index (κ1) is 16.4. The Morgan fingerprint density at radius 1 is 0.870 bits per heavy atom. The second-order valence-electron chi connectivity index (χ2n) is 4.37. The maximum atomic E-state index is 11.8. The molecular weight excluding hydrogens is 319 g/mol. The van der Waals surface area contributed by atoms with Crippen molar-refractivity contribution in [3.63, 3.8) is 0 Å². The Morgan fingerprint density at radius 3 is 2.00 bits per heavy atom. The minimum absolute atomic E-state index is 0.558. The summed E-state index contributed by atoms with van der Waals surface area (Å²) in [6.07, 6.45) is 1.12. The molecule has 7 heteroatoms. The molecule has 1 aromatic heterocycles. The summed E-state index contributed by atoms with van der Waals surface area (Å²) in [6.45, 7) is 0. The predicted octanol–water partition coefficient (Wildman–Crippen LogP) is 4.04. The fourth-order valence-corrected chi connectivity index (χ4v) is 2.95. The summed E-state index contributed by atoms with van der Waals surface area (Å²) < 4.78 is 17.1. The molecule has 1 unspecified atom stereocenters. The predicted molar refractivity (Wildman–Crippen MR) is 85.7 cm³/mol. The van der Waals surface area contributed by atoms with Crippen molar-refractivity contribution < 1.29 is 28.6 Å². The summed E-state index contributed by atoms with van der Waals surface area (Å²) >= 11 is 0. The van der Waals surface area contributed by atoms with Crippen LogP contribution in [-0.4, -0.2) is 22.2 Å². The standard InChI is InChI=1S/C12H8O2P.C4H4O4/c13-15-12-8-4-2-6-10(12)9-5-1-3-7-11(9)14-15;5-3(6)1-2-4(7)8/h1-8H;1-2H,(H,5,6)(H,7,8)/q+1;/b;2-1-. The number of benzene rings is 2. The van der Waals surface area contributed by atoms with Gasteiger partial charge in [-0.3, -0.25) is 0 Å². The van der Waals surface area contributed by atoms with Crippen LogP contribution in [0.4, 0.5) is 0 Å². The van der Waals surface area contributed by atoms with Gasteiger partial charge in [-0.1, -0.05) is 30.3 Å². The number of carboxylic acids is 2. The van der Waals surface area contributed by atoms with Crippen molar-refractivity contribution in [2.75, 3.05) is 0 Å². The van der Waals surface area contributed by atoms with Crippen LogP contribution in [0.2, 0.25) is 0 Å². The van der Waals surface area contributed by atoms with E-state index in [1.54, 1.807) is 0 Å². The summed E-state index contributed by atoms with van der Waals surface area (Å²) in [4.78, 5) is 19.1. The van der Waals surface area contributed by atoms with Crippen LogP contribution in [0.25, 0.3) is 21.5 Å². The number of aliphatic carboxylic acids is 2. The minimum Gasteiger partial charge on any atom is -0.478 e. The summed E-state index contributed by atoms with van der Waals surface area (Å²) in [6, 6.07) is 15.3. The molecule has 6 nitrogen and oxygen atoms in total. The third-order valence-corrected chi connectivity index (χ3v) is 3.97. The maximum absolute atomic E-state index is 11.8. The van der Waals surface area contributed by atoms with E-state index in [9.17, 15) is 14.2 Å². The molecule has 3 rings (SSSR count). The lowest BCUT2D eigenvalue weighted by Gasteiger charge is -1.94. The van der Waals surface area contributed by atoms with Gasteiger partial charge >= 0.3 is 19.6 Å². The Bertz CT molecular complexity index is 941. The van der Waals surface area contributed by atoms with Gasteiger partial charge in [0.25, 0.3) is 0 Å². The molecule has 0 saturated carbocycles. The normalized spacial score (nSPS) is 11.2. The molecule has 23 heavy (non-hydrogen) atoms. The van der Waals surface area contributed by atoms with Crippen molar-refractivity contribution in [1.29, 1.82) is 0 Å². The second kappa shape index (κ2) is 7.33. The molecule has 0 bridgehead atoms. The third-order valence-electron chi connectivity index (χ3n) is 2.83. The van der Waals surface area contributed by atoms with Gasteiger partial charge in [0.2, 0.25) is 5.12 Å². The summed E-state index contributed by atoms with van der Waals surface area (Å²) in [5, 5.41) is 18.4. The van der Waals surface area contributed by atoms with E-state index in [2.05, 4.69) is 0 Å². The Hall–Kier alpha value is -2.98. The molecule has 0 amide bonds. The molecule has 0 radical (unpaired) electrons. The van der Waals surface area contributed by atoms with Crippen LogP contribution in [0.1, 0.15) is 0 Å². The van der Waals surface area contributed by atoms with Crippen molar-refractivity contribution in [3.8, 4) is 0 Å². The van der Waals surface area contributed by atoms with Crippen molar-refractivity contribution in [3.05, 3.63) is 60.7 Å². The fraction of sp³-hybridized carbons (Fsp3) is 0. The lowest BCUT2D eigenvalue weighted by molar-refractivity contribution is -0.134. The van der Waals surface area contributed by atoms with Gasteiger partial charge in [0.1, 0.15) is 0 Å². The van der Waals surface area contributed by atoms with E-state index >= 15 is 0 Å². The van der Waals surface area contributed by atoms with E-state index in [0.717, 1.165) is 15.9 Å². The van der Waals surface area contributed by atoms with Gasteiger partial charge in [-0.2, -0.15) is 0 Å². The molecule has 1 heterocycles. The van der Waals surface area contributed by atoms with Crippen LogP contribution in [0.15, 0.2) is 64.9 Å². The molecule has 0 aliphatic rings. The Morgan fingerprint density at radius 2 is 1.39 bits per heavy atom. The van der Waals surface area contributed by atoms with Crippen molar-refractivity contribution >= 4 is 41.1 Å². The lowest BCUT2D eigenvalue weighted by atomic mass is 10.1. The van der Waals surface area contributed by atoms with Crippen LogP contribution < -0.4 is 0 Å². The van der Waals surface area contributed by atoms with E-state index in [1.165, 1.54) is 0 Å². The molecule has 1 atom stereocenters. The van der Waals surface area contributed by atoms with Crippen LogP contribution in [0.3, 0.4) is 0 Å². The van der Waals surface area contributed by atoms with Crippen LogP contribution in [0.5, 0.6) is 0 Å². The van der Waals surface area contributed by atoms with E-state index in [1.807, 2.05) is 48.5 Å². The molecule has 0 saturated heterocycles. The summed E-state index contributed by atoms with van der Waals surface area (Å²) in [5.74, 6) is -2.51. The average Bonchev–Trinajstić information content (AvgIpc) is 2.54. The highest BCUT2D eigenvalue weighted by atomic mass is 31.1. The molecule has 0 spiro atoms. The van der Waals surface area contributed by atoms with E-state index in [0.29, 0.717) is 17.7 Å². The first-order valence-electron chi connectivity index (χ1n) is 6.46. The van der Waals surface area contributed by atoms with Gasteiger partial charge < -0.3 is 10.2 Å². The Labute approximate surface area is 131 Å². The van der Waals surface area contributed by atoms with Gasteiger partial charge in [-0.25, -0.2) is 13.8 Å². The lowest BCUT2D eigenvalue weighted by Crippen LogP contribution is -1.91. The first-order valence-corrected chi connectivity index (χ1v) is 7.64. The van der Waals surface area contributed by atoms with Crippen molar-refractivity contribution in [2.24, 2.45) is 0 Å². The molecular formula is C16H12O6P+. The minimum atomic E-state index is -1.74. The third kappa shape index (κ3) is 4.25. The highest BCUT2D eigenvalue weighted by Crippen LogP contribution is 2.34. The molecule has 0 aliphatic heterocycles. The highest BCUT2D eigenvalue weighted by molar-refractivity contribution is 7.37. The molecule has 0 fully saturated rings. The number of hydrogen-bond acceptors (Lipinski definition) is 4. The largest absolute Gasteiger partial charge is 0.597 e. The quantitative estimate of drug-likeness (QED) is 0.542. The maximum Gasteiger partial charge on any atom is 0.597 e. The fourth-order valence-electron chi connectivity index (χ4n) is 1.91. The van der Waals surface area contributed by atoms with Gasteiger partial charge in [0.15, 0.2) is 5.58 Å². The number of fused-ring (bicyclic) bond motifs is 3. The smallest absolute Gasteiger partial charge is 0.478 e. The number of para-hydroxylation sites is 1. The van der Waals surface area contributed by atoms with E-state index in [-0.39, 0.29) is 0 Å². The zero-order valence-electron chi connectivity index (χ0n) is 11.7. The van der Waals surface area contributed by atoms with Gasteiger partial charge in [-0.15, -0.1) is 0 Å². The van der Waals surface area contributed by atoms with Gasteiger partial charge in [0, 0.05) is 22.9 Å². The topological polar surface area (TPSA) is 105 Å². The molecule has 116 valence electrons. The van der Waals surface area contributed by atoms with Crippen LogP contribution in [-0.2, 0) is 14.2 Å². The van der Waals surface area contributed by atoms with Crippen LogP contribution in [0, 0.1) is 0 Å². The van der Waals surface area contributed by atoms with E-state index < -0.39 is 19.6 Å². The molecule has 2 N–H and O–H groups in total. The monoisotopic (exact) mass is 331 g/mol. The summed E-state index contributed by atoms with van der Waals surface area (Å²) in [7, 11) is -1.74. The SMILES string of the molecule is O=C(O)/C=C\C(=O)O.O=[p+]1oc2ccccc2c2ccccc21. The number of carboxylic acid groups (broad SMARTS) is 2. The van der Waals surface area contributed by atoms with Gasteiger partial charge in [0.05, 0.1) is 0 Å². The number of carbonyl (C=O) groups is 2. The Kier molecular flexibility index (Phi) is 5.23. The van der Waals surface area contributed by atoms with Crippen molar-refractivity contribution in [2.45, 2.75) is 0 Å². The molecule has 3 aromatic rings. The second-order valence-corrected chi connectivity index (χ2v) is 5.55. The van der Waals surface area contributed by atoms with Crippen LogP contribution >= 0.6 is 7.65 Å². The molecule has 0 aliphatic carbocycles. The number of hydrogen-bond donors (Lipinski definition) is 2.